The van der Waals surface area contributed by atoms with Gasteiger partial charge in [-0.25, -0.2) is 0 Å². The number of aromatic amines is 1. The SMILES string of the molecule is Cl.Cl.[CH2]=[Zr]([CH3])([CH3])([CH3])([CH3])([CH3])([CH3])([C]1=CC=CC1)[c]1ccc[nH]1. The quantitative estimate of drug-likeness (QED) is 0.639. The Morgan fingerprint density at radius 1 is 1.05 bits per heavy atom. The Labute approximate surface area is 123 Å². The number of halogens is 2. The Kier molecular flexibility index (Phi) is 2.50. The monoisotopic (exact) mass is 397 g/mol. The molecule has 1 aromatic rings. The van der Waals surface area contributed by atoms with E-state index in [1.807, 2.05) is 6.20 Å². The van der Waals surface area contributed by atoms with Gasteiger partial charge in [0, 0.05) is 0 Å². The van der Waals surface area contributed by atoms with E-state index in [2.05, 4.69) is 63.1 Å². The summed E-state index contributed by atoms with van der Waals surface area (Å²) in [7, 11) is 0. The van der Waals surface area contributed by atoms with Gasteiger partial charge in [-0.3, -0.25) is 0 Å². The van der Waals surface area contributed by atoms with E-state index in [0.717, 1.165) is 6.42 Å². The zero-order chi connectivity index (χ0) is 14.1. The minimum absolute atomic E-state index is 0. The second-order valence-electron chi connectivity index (χ2n) is 15.5. The minimum atomic E-state index is -5.25. The standard InChI is InChI=1S/C5H5.C4H4N.6CH3.CH2.2ClH.Zr/c2*1-2-4-5-3-1;;;;;;;;;;/h1-3H,4H2;1-3,5H;6*1H3;1H2;2*1H;. The maximum absolute atomic E-state index is 5.25. The van der Waals surface area contributed by atoms with Crippen LogP contribution in [0.15, 0.2) is 39.8 Å². The molecule has 118 valence electrons. The van der Waals surface area contributed by atoms with E-state index in [1.54, 1.807) is 0 Å². The molecule has 1 aliphatic carbocycles. The summed E-state index contributed by atoms with van der Waals surface area (Å²) in [6.07, 6.45) is 9.68. The first-order valence-corrected chi connectivity index (χ1v) is 26.0. The summed E-state index contributed by atoms with van der Waals surface area (Å²) in [6, 6.07) is 4.29. The average Bonchev–Trinajstić information content (AvgIpc) is 2.75. The fourth-order valence-corrected chi connectivity index (χ4v) is 17.3. The fourth-order valence-electron chi connectivity index (χ4n) is 3.41. The van der Waals surface area contributed by atoms with E-state index in [0.29, 0.717) is 0 Å². The Balaban J connectivity index is 0.00000180. The van der Waals surface area contributed by atoms with Crippen LogP contribution in [0.2, 0.25) is 27.8 Å². The van der Waals surface area contributed by atoms with E-state index in [4.69, 9.17) is 4.21 Å². The summed E-state index contributed by atoms with van der Waals surface area (Å²) < 4.78 is 22.3. The van der Waals surface area contributed by atoms with Crippen LogP contribution in [-0.2, 0) is 12.4 Å². The van der Waals surface area contributed by atoms with Crippen LogP contribution >= 0.6 is 24.8 Å². The average molecular weight is 400 g/mol. The van der Waals surface area contributed by atoms with Crippen LogP contribution in [0.4, 0.5) is 0 Å². The molecule has 0 spiro atoms. The number of allylic oxidation sites excluding steroid dienone is 4. The molecule has 0 fully saturated rings. The molecule has 0 saturated carbocycles. The summed E-state index contributed by atoms with van der Waals surface area (Å²) in [4.78, 5) is 3.50. The summed E-state index contributed by atoms with van der Waals surface area (Å²) >= 11 is -5.25. The van der Waals surface area contributed by atoms with Gasteiger partial charge in [0.15, 0.2) is 0 Å². The van der Waals surface area contributed by atoms with E-state index >= 15 is 0 Å². The molecule has 0 bridgehead atoms. The van der Waals surface area contributed by atoms with Crippen molar-refractivity contribution in [2.45, 2.75) is 34.2 Å². The molecule has 0 aromatic carbocycles. The molecule has 1 aromatic heterocycles. The van der Waals surface area contributed by atoms with Crippen molar-refractivity contribution in [3.8, 4) is 0 Å². The number of aromatic nitrogens is 1. The van der Waals surface area contributed by atoms with Gasteiger partial charge in [-0.2, -0.15) is 0 Å². The molecule has 0 aliphatic heterocycles. The molecule has 1 aliphatic rings. The third-order valence-electron chi connectivity index (χ3n) is 5.62. The van der Waals surface area contributed by atoms with Crippen molar-refractivity contribution in [2.24, 2.45) is 0 Å². The molecule has 1 N–H and O–H groups in total. The first kappa shape index (κ1) is 20.1. The zero-order valence-electron chi connectivity index (χ0n) is 13.7. The zero-order valence-corrected chi connectivity index (χ0v) is 17.8. The molecule has 4 heteroatoms. The van der Waals surface area contributed by atoms with Crippen molar-refractivity contribution in [3.05, 3.63) is 39.8 Å². The van der Waals surface area contributed by atoms with Gasteiger partial charge in [0.1, 0.15) is 0 Å². The summed E-state index contributed by atoms with van der Waals surface area (Å²) in [6.45, 7) is 0. The molecule has 0 saturated heterocycles. The first-order chi connectivity index (χ1) is 7.35. The molecule has 0 amide bonds. The number of hydrogen-bond acceptors (Lipinski definition) is 0. The topological polar surface area (TPSA) is 15.8 Å². The third kappa shape index (κ3) is 2.49. The Morgan fingerprint density at radius 2 is 1.60 bits per heavy atom. The van der Waals surface area contributed by atoms with Gasteiger partial charge in [0.25, 0.3) is 0 Å². The van der Waals surface area contributed by atoms with E-state index in [-0.39, 0.29) is 24.8 Å². The molecule has 1 heterocycles. The number of nitrogens with one attached hydrogen (secondary N) is 1. The van der Waals surface area contributed by atoms with E-state index in [1.165, 1.54) is 6.68 Å². The molecule has 1 nitrogen and oxygen atoms in total. The molecule has 0 atom stereocenters. The van der Waals surface area contributed by atoms with Gasteiger partial charge in [0.05, 0.1) is 0 Å². The summed E-state index contributed by atoms with van der Waals surface area (Å²) in [5.41, 5.74) is 0. The third-order valence-corrected chi connectivity index (χ3v) is 28.2. The van der Waals surface area contributed by atoms with Crippen molar-refractivity contribution in [3.63, 3.8) is 0 Å². The van der Waals surface area contributed by atoms with Gasteiger partial charge < -0.3 is 0 Å². The van der Waals surface area contributed by atoms with Crippen molar-refractivity contribution >= 4 is 32.4 Å². The van der Waals surface area contributed by atoms with Crippen molar-refractivity contribution in [1.82, 2.24) is 4.98 Å². The molecule has 0 unspecified atom stereocenters. The van der Waals surface area contributed by atoms with Crippen LogP contribution in [0.25, 0.3) is 0 Å². The van der Waals surface area contributed by atoms with Crippen LogP contribution in [0.1, 0.15) is 6.42 Å². The summed E-state index contributed by atoms with van der Waals surface area (Å²) in [5, 5.41) is 0. The van der Waals surface area contributed by atoms with Crippen molar-refractivity contribution in [2.75, 3.05) is 0 Å². The van der Waals surface area contributed by atoms with Crippen molar-refractivity contribution in [1.29, 1.82) is 0 Å². The van der Waals surface area contributed by atoms with Gasteiger partial charge in [-0.1, -0.05) is 0 Å². The van der Waals surface area contributed by atoms with Crippen LogP contribution < -0.4 is 3.40 Å². The van der Waals surface area contributed by atoms with Crippen molar-refractivity contribution < 1.29 is 12.4 Å². The fraction of sp³-hybridized carbons (Fsp3) is 0.438. The van der Waals surface area contributed by atoms with Crippen LogP contribution in [0.3, 0.4) is 0 Å². The van der Waals surface area contributed by atoms with Gasteiger partial charge in [0.2, 0.25) is 0 Å². The van der Waals surface area contributed by atoms with E-state index in [9.17, 15) is 0 Å². The predicted octanol–water partition coefficient (Wildman–Crippen LogP) is 5.88. The molecule has 2 rings (SSSR count). The summed E-state index contributed by atoms with van der Waals surface area (Å²) in [5.74, 6) is 0. The Bertz CT molecular complexity index is 784. The number of hydrogen-bond donors (Lipinski definition) is 1. The first-order valence-electron chi connectivity index (χ1n) is 7.06. The number of rotatable bonds is 2. The van der Waals surface area contributed by atoms with Gasteiger partial charge in [-0.15, -0.1) is 24.8 Å². The molecular weight excluding hydrogens is 368 g/mol. The number of H-pyrrole nitrogens is 1. The van der Waals surface area contributed by atoms with Gasteiger partial charge >= 0.3 is 99.0 Å². The second kappa shape index (κ2) is 2.49. The van der Waals surface area contributed by atoms with Crippen LogP contribution in [-0.4, -0.2) is 9.20 Å². The molecule has 20 heavy (non-hydrogen) atoms. The Morgan fingerprint density at radius 3 is 1.95 bits per heavy atom. The van der Waals surface area contributed by atoms with Crippen LogP contribution in [0, 0.1) is 0 Å². The molecular formula is C16H31Cl2NZr. The molecule has 0 radical (unpaired) electrons. The predicted molar refractivity (Wildman–Crippen MR) is 99.1 cm³/mol. The normalized spacial score (nSPS) is 25.1. The van der Waals surface area contributed by atoms with Crippen LogP contribution in [0.5, 0.6) is 0 Å². The second-order valence-corrected chi connectivity index (χ2v) is 82.8. The van der Waals surface area contributed by atoms with E-state index < -0.39 is 12.4 Å². The maximum atomic E-state index is 5.08. The van der Waals surface area contributed by atoms with Gasteiger partial charge in [-0.05, 0) is 0 Å². The Hall–Kier alpha value is 0.0931.